The van der Waals surface area contributed by atoms with Gasteiger partial charge in [-0.1, -0.05) is 6.92 Å². The molecule has 0 aliphatic carbocycles. The van der Waals surface area contributed by atoms with Crippen LogP contribution < -0.4 is 9.47 Å². The van der Waals surface area contributed by atoms with E-state index in [0.29, 0.717) is 17.8 Å². The van der Waals surface area contributed by atoms with Gasteiger partial charge in [0.2, 0.25) is 0 Å². The van der Waals surface area contributed by atoms with Crippen LogP contribution in [-0.2, 0) is 4.74 Å². The van der Waals surface area contributed by atoms with Crippen LogP contribution in [0.1, 0.15) is 37.4 Å². The largest absolute Gasteiger partial charge is 0.573 e. The van der Waals surface area contributed by atoms with E-state index in [9.17, 15) is 18.0 Å². The molecule has 0 spiro atoms. The van der Waals surface area contributed by atoms with E-state index in [1.165, 1.54) is 30.2 Å². The fourth-order valence-electron chi connectivity index (χ4n) is 3.87. The molecule has 2 aromatic heterocycles. The molecule has 1 atom stereocenters. The summed E-state index contributed by atoms with van der Waals surface area (Å²) in [5.41, 5.74) is 4.52. The molecule has 1 amide bonds. The lowest BCUT2D eigenvalue weighted by Gasteiger charge is -2.21. The van der Waals surface area contributed by atoms with Crippen LogP contribution in [0.3, 0.4) is 0 Å². The van der Waals surface area contributed by atoms with E-state index in [1.54, 1.807) is 7.05 Å². The number of benzene rings is 1. The number of halogens is 3. The Hall–Kier alpha value is -3.43. The maximum atomic E-state index is 12.6. The van der Waals surface area contributed by atoms with Crippen LogP contribution in [0, 0.1) is 13.8 Å². The van der Waals surface area contributed by atoms with Gasteiger partial charge in [-0.15, -0.1) is 13.2 Å². The van der Waals surface area contributed by atoms with E-state index in [2.05, 4.69) is 9.30 Å². The number of ether oxygens (including phenoxy) is 3. The summed E-state index contributed by atoms with van der Waals surface area (Å²) in [5, 5.41) is 0. The number of aromatic nitrogens is 2. The highest BCUT2D eigenvalue weighted by atomic mass is 19.4. The molecule has 3 rings (SSSR count). The van der Waals surface area contributed by atoms with Crippen molar-refractivity contribution in [2.45, 2.75) is 46.5 Å². The van der Waals surface area contributed by atoms with Crippen molar-refractivity contribution in [3.05, 3.63) is 41.6 Å². The van der Waals surface area contributed by atoms with Crippen molar-refractivity contribution >= 4 is 17.1 Å². The highest BCUT2D eigenvalue weighted by Gasteiger charge is 2.31. The smallest absolute Gasteiger partial charge is 0.496 e. The Labute approximate surface area is 202 Å². The number of hydrogen-bond donors (Lipinski definition) is 0. The number of fused-ring (bicyclic) bond motifs is 1. The first kappa shape index (κ1) is 26.2. The quantitative estimate of drug-likeness (QED) is 0.370. The molecule has 1 aromatic carbocycles. The number of pyridine rings is 1. The third kappa shape index (κ3) is 5.80. The normalized spacial score (nSPS) is 12.5. The molecule has 0 aliphatic heterocycles. The summed E-state index contributed by atoms with van der Waals surface area (Å²) in [6.07, 6.45) is -2.46. The van der Waals surface area contributed by atoms with Gasteiger partial charge in [0.25, 0.3) is 0 Å². The third-order valence-electron chi connectivity index (χ3n) is 5.89. The average molecular weight is 494 g/mol. The summed E-state index contributed by atoms with van der Waals surface area (Å²) in [6, 6.07) is 5.84. The van der Waals surface area contributed by atoms with Crippen LogP contribution in [0.2, 0.25) is 0 Å². The van der Waals surface area contributed by atoms with Gasteiger partial charge in [-0.2, -0.15) is 0 Å². The molecule has 0 fully saturated rings. The molecule has 3 aromatic rings. The van der Waals surface area contributed by atoms with Crippen molar-refractivity contribution in [3.63, 3.8) is 0 Å². The number of alkyl halides is 3. The van der Waals surface area contributed by atoms with Crippen LogP contribution in [0.5, 0.6) is 11.5 Å². The van der Waals surface area contributed by atoms with Gasteiger partial charge in [0, 0.05) is 31.4 Å². The van der Waals surface area contributed by atoms with Crippen molar-refractivity contribution in [2.75, 3.05) is 27.3 Å². The highest BCUT2D eigenvalue weighted by molar-refractivity contribution is 5.85. The fraction of sp³-hybridized carbons (Fsp3) is 0.440. The van der Waals surface area contributed by atoms with Crippen LogP contribution in [0.15, 0.2) is 30.5 Å². The molecule has 0 saturated carbocycles. The number of methoxy groups -OCH3 is 1. The molecule has 0 saturated heterocycles. The second kappa shape index (κ2) is 10.5. The minimum absolute atomic E-state index is 0.0826. The zero-order chi connectivity index (χ0) is 25.9. The first-order valence-electron chi connectivity index (χ1n) is 11.3. The first-order chi connectivity index (χ1) is 16.5. The molecule has 35 heavy (non-hydrogen) atoms. The fourth-order valence-corrected chi connectivity index (χ4v) is 3.87. The zero-order valence-electron chi connectivity index (χ0n) is 20.7. The number of nitrogens with zero attached hydrogens (tertiary/aromatic N) is 3. The summed E-state index contributed by atoms with van der Waals surface area (Å²) in [6.45, 7) is 8.49. The van der Waals surface area contributed by atoms with Crippen molar-refractivity contribution in [3.8, 4) is 22.8 Å². The number of amides is 1. The summed E-state index contributed by atoms with van der Waals surface area (Å²) < 4.78 is 54.8. The summed E-state index contributed by atoms with van der Waals surface area (Å²) in [4.78, 5) is 18.5. The van der Waals surface area contributed by atoms with Gasteiger partial charge in [0.15, 0.2) is 0 Å². The topological polar surface area (TPSA) is 65.8 Å². The number of carbonyl (C=O) groups is 1. The average Bonchev–Trinajstić information content (AvgIpc) is 3.12. The molecule has 0 aliphatic rings. The number of rotatable bonds is 8. The van der Waals surface area contributed by atoms with E-state index >= 15 is 0 Å². The summed E-state index contributed by atoms with van der Waals surface area (Å²) >= 11 is 0. The van der Waals surface area contributed by atoms with Gasteiger partial charge in [-0.25, -0.2) is 9.78 Å². The Kier molecular flexibility index (Phi) is 7.82. The van der Waals surface area contributed by atoms with Crippen molar-refractivity contribution in [2.24, 2.45) is 0 Å². The van der Waals surface area contributed by atoms with Gasteiger partial charge in [0.05, 0.1) is 29.9 Å². The van der Waals surface area contributed by atoms with Crippen LogP contribution in [0.4, 0.5) is 18.0 Å². The molecular weight excluding hydrogens is 463 g/mol. The standard InChI is InChI=1S/C25H30F3N3O4/c1-7-17(14-34-24(32)30(5)8-2)31-13-16(4)23-20(31)11-15(3)22(29-23)19-10-9-18(12-21(19)33-6)35-25(26,27)28/h9-13,17H,7-8,14H2,1-6H3/t17-/m0/s1. The van der Waals surface area contributed by atoms with Gasteiger partial charge < -0.3 is 23.7 Å². The molecule has 2 heterocycles. The number of aryl methyl sites for hydroxylation is 2. The molecule has 0 bridgehead atoms. The van der Waals surface area contributed by atoms with Crippen molar-refractivity contribution in [1.82, 2.24) is 14.5 Å². The predicted molar refractivity (Wildman–Crippen MR) is 127 cm³/mol. The molecule has 190 valence electrons. The van der Waals surface area contributed by atoms with Crippen LogP contribution in [-0.4, -0.2) is 54.2 Å². The Bertz CT molecular complexity index is 1210. The Balaban J connectivity index is 2.00. The molecule has 7 nitrogen and oxygen atoms in total. The van der Waals surface area contributed by atoms with E-state index in [-0.39, 0.29) is 30.2 Å². The van der Waals surface area contributed by atoms with Gasteiger partial charge >= 0.3 is 12.5 Å². The lowest BCUT2D eigenvalue weighted by molar-refractivity contribution is -0.274. The molecule has 0 unspecified atom stereocenters. The van der Waals surface area contributed by atoms with E-state index in [1.807, 2.05) is 40.0 Å². The highest BCUT2D eigenvalue weighted by Crippen LogP contribution is 2.37. The lowest BCUT2D eigenvalue weighted by Crippen LogP contribution is -2.29. The maximum absolute atomic E-state index is 12.6. The predicted octanol–water partition coefficient (Wildman–Crippen LogP) is 6.27. The van der Waals surface area contributed by atoms with Crippen molar-refractivity contribution < 1.29 is 32.2 Å². The minimum Gasteiger partial charge on any atom is -0.496 e. The number of carbonyl (C=O) groups excluding carboxylic acids is 1. The van der Waals surface area contributed by atoms with Gasteiger partial charge in [-0.3, -0.25) is 0 Å². The van der Waals surface area contributed by atoms with Crippen molar-refractivity contribution in [1.29, 1.82) is 0 Å². The second-order valence-electron chi connectivity index (χ2n) is 8.30. The summed E-state index contributed by atoms with van der Waals surface area (Å²) in [7, 11) is 3.07. The van der Waals surface area contributed by atoms with Gasteiger partial charge in [0.1, 0.15) is 18.1 Å². The monoisotopic (exact) mass is 493 g/mol. The number of hydrogen-bond acceptors (Lipinski definition) is 5. The lowest BCUT2D eigenvalue weighted by atomic mass is 10.0. The maximum Gasteiger partial charge on any atom is 0.573 e. The van der Waals surface area contributed by atoms with E-state index in [4.69, 9.17) is 14.5 Å². The van der Waals surface area contributed by atoms with Crippen LogP contribution in [0.25, 0.3) is 22.3 Å². The van der Waals surface area contributed by atoms with E-state index < -0.39 is 6.36 Å². The van der Waals surface area contributed by atoms with Crippen LogP contribution >= 0.6 is 0 Å². The molecule has 0 radical (unpaired) electrons. The Morgan fingerprint density at radius 1 is 1.17 bits per heavy atom. The minimum atomic E-state index is -4.80. The van der Waals surface area contributed by atoms with E-state index in [0.717, 1.165) is 28.6 Å². The van der Waals surface area contributed by atoms with Gasteiger partial charge in [-0.05, 0) is 56.5 Å². The SMILES string of the molecule is CC[C@@H](COC(=O)N(C)CC)n1cc(C)c2nc(-c3ccc(OC(F)(F)F)cc3OC)c(C)cc21. The first-order valence-corrected chi connectivity index (χ1v) is 11.3. The molecule has 0 N–H and O–H groups in total. The second-order valence-corrected chi connectivity index (χ2v) is 8.30. The third-order valence-corrected chi connectivity index (χ3v) is 5.89. The molecule has 10 heteroatoms. The Morgan fingerprint density at radius 3 is 2.49 bits per heavy atom. The Morgan fingerprint density at radius 2 is 1.89 bits per heavy atom. The summed E-state index contributed by atoms with van der Waals surface area (Å²) in [5.74, 6) is -0.148. The zero-order valence-corrected chi connectivity index (χ0v) is 20.7. The molecular formula is C25H30F3N3O4.